The molecule has 0 atom stereocenters. The molecular weight excluding hydrogens is 212 g/mol. The first-order valence-corrected chi connectivity index (χ1v) is 5.76. The molecular formula is C11H16O3S. The lowest BCUT2D eigenvalue weighted by atomic mass is 10.3. The molecule has 0 radical (unpaired) electrons. The average Bonchev–Trinajstić information content (AvgIpc) is 2.29. The fraction of sp³-hybridized carbons (Fsp3) is 0.455. The number of aliphatic hydroxyl groups excluding tert-OH is 1. The van der Waals surface area contributed by atoms with Gasteiger partial charge in [0.15, 0.2) is 0 Å². The van der Waals surface area contributed by atoms with Crippen molar-refractivity contribution in [2.75, 3.05) is 26.6 Å². The van der Waals surface area contributed by atoms with Gasteiger partial charge in [-0.05, 0) is 18.6 Å². The van der Waals surface area contributed by atoms with Gasteiger partial charge in [-0.15, -0.1) is 11.8 Å². The second-order valence-corrected chi connectivity index (χ2v) is 4.08. The van der Waals surface area contributed by atoms with Crippen LogP contribution in [-0.2, 0) is 0 Å². The van der Waals surface area contributed by atoms with Crippen LogP contribution in [0.25, 0.3) is 0 Å². The molecule has 4 heteroatoms. The lowest BCUT2D eigenvalue weighted by molar-refractivity contribution is 0.296. The number of methoxy groups -OCH3 is 2. The van der Waals surface area contributed by atoms with E-state index in [1.807, 2.05) is 18.2 Å². The molecule has 0 unspecified atom stereocenters. The first-order valence-electron chi connectivity index (χ1n) is 4.77. The van der Waals surface area contributed by atoms with Crippen molar-refractivity contribution in [3.8, 4) is 11.5 Å². The third-order valence-corrected chi connectivity index (χ3v) is 3.07. The number of thioether (sulfide) groups is 1. The van der Waals surface area contributed by atoms with Crippen molar-refractivity contribution in [3.63, 3.8) is 0 Å². The maximum Gasteiger partial charge on any atom is 0.136 e. The summed E-state index contributed by atoms with van der Waals surface area (Å²) in [6.45, 7) is 0.228. The van der Waals surface area contributed by atoms with Crippen molar-refractivity contribution in [3.05, 3.63) is 18.2 Å². The largest absolute Gasteiger partial charge is 0.497 e. The molecule has 0 aromatic heterocycles. The zero-order chi connectivity index (χ0) is 11.1. The minimum atomic E-state index is 0.228. The van der Waals surface area contributed by atoms with Crippen LogP contribution in [0.5, 0.6) is 11.5 Å². The highest BCUT2D eigenvalue weighted by Crippen LogP contribution is 2.32. The predicted octanol–water partition coefficient (Wildman–Crippen LogP) is 2.18. The number of hydrogen-bond acceptors (Lipinski definition) is 4. The molecule has 0 amide bonds. The van der Waals surface area contributed by atoms with Crippen molar-refractivity contribution < 1.29 is 14.6 Å². The van der Waals surface area contributed by atoms with Crippen LogP contribution in [0.15, 0.2) is 23.1 Å². The zero-order valence-electron chi connectivity index (χ0n) is 9.03. The van der Waals surface area contributed by atoms with Crippen molar-refractivity contribution >= 4 is 11.8 Å². The number of hydrogen-bond donors (Lipinski definition) is 1. The van der Waals surface area contributed by atoms with Gasteiger partial charge in [0, 0.05) is 23.3 Å². The van der Waals surface area contributed by atoms with Gasteiger partial charge in [-0.2, -0.15) is 0 Å². The highest BCUT2D eigenvalue weighted by atomic mass is 32.2. The minimum Gasteiger partial charge on any atom is -0.497 e. The van der Waals surface area contributed by atoms with E-state index in [9.17, 15) is 0 Å². The van der Waals surface area contributed by atoms with Crippen LogP contribution >= 0.6 is 11.8 Å². The van der Waals surface area contributed by atoms with E-state index in [1.54, 1.807) is 26.0 Å². The minimum absolute atomic E-state index is 0.228. The average molecular weight is 228 g/mol. The summed E-state index contributed by atoms with van der Waals surface area (Å²) in [7, 11) is 3.28. The van der Waals surface area contributed by atoms with Crippen LogP contribution in [0.2, 0.25) is 0 Å². The Balaban J connectivity index is 2.69. The molecule has 0 aliphatic heterocycles. The Hall–Kier alpha value is -0.870. The van der Waals surface area contributed by atoms with E-state index in [0.29, 0.717) is 0 Å². The second kappa shape index (κ2) is 6.58. The van der Waals surface area contributed by atoms with Crippen LogP contribution in [0.4, 0.5) is 0 Å². The number of benzene rings is 1. The van der Waals surface area contributed by atoms with Crippen molar-refractivity contribution in [1.29, 1.82) is 0 Å². The van der Waals surface area contributed by atoms with E-state index < -0.39 is 0 Å². The monoisotopic (exact) mass is 228 g/mol. The summed E-state index contributed by atoms with van der Waals surface area (Å²) in [6.07, 6.45) is 0.792. The van der Waals surface area contributed by atoms with Gasteiger partial charge in [-0.1, -0.05) is 0 Å². The molecule has 84 valence electrons. The van der Waals surface area contributed by atoms with E-state index in [-0.39, 0.29) is 6.61 Å². The SMILES string of the molecule is COc1ccc(SCCCO)c(OC)c1. The zero-order valence-corrected chi connectivity index (χ0v) is 9.84. The van der Waals surface area contributed by atoms with Crippen LogP contribution in [0.1, 0.15) is 6.42 Å². The molecule has 1 aromatic carbocycles. The van der Waals surface area contributed by atoms with Gasteiger partial charge in [0.1, 0.15) is 11.5 Å². The van der Waals surface area contributed by atoms with Crippen LogP contribution in [0.3, 0.4) is 0 Å². The molecule has 0 aliphatic carbocycles. The molecule has 15 heavy (non-hydrogen) atoms. The molecule has 0 heterocycles. The van der Waals surface area contributed by atoms with Crippen LogP contribution in [-0.4, -0.2) is 31.7 Å². The topological polar surface area (TPSA) is 38.7 Å². The van der Waals surface area contributed by atoms with Crippen molar-refractivity contribution in [2.45, 2.75) is 11.3 Å². The fourth-order valence-electron chi connectivity index (χ4n) is 1.14. The summed E-state index contributed by atoms with van der Waals surface area (Å²) in [6, 6.07) is 5.74. The normalized spacial score (nSPS) is 10.1. The third-order valence-electron chi connectivity index (χ3n) is 1.93. The van der Waals surface area contributed by atoms with Gasteiger partial charge < -0.3 is 14.6 Å². The van der Waals surface area contributed by atoms with Gasteiger partial charge >= 0.3 is 0 Å². The molecule has 0 saturated heterocycles. The first-order chi connectivity index (χ1) is 7.31. The molecule has 0 aliphatic rings. The van der Waals surface area contributed by atoms with Crippen LogP contribution < -0.4 is 9.47 Å². The summed E-state index contributed by atoms with van der Waals surface area (Å²) in [5, 5.41) is 8.69. The van der Waals surface area contributed by atoms with E-state index in [0.717, 1.165) is 28.6 Å². The Bertz CT molecular complexity index is 302. The molecule has 0 bridgehead atoms. The fourth-order valence-corrected chi connectivity index (χ4v) is 2.08. The first kappa shape index (κ1) is 12.2. The summed E-state index contributed by atoms with van der Waals surface area (Å²) in [5.41, 5.74) is 0. The highest BCUT2D eigenvalue weighted by molar-refractivity contribution is 7.99. The Morgan fingerprint density at radius 2 is 2.07 bits per heavy atom. The van der Waals surface area contributed by atoms with Gasteiger partial charge in [0.2, 0.25) is 0 Å². The lowest BCUT2D eigenvalue weighted by Crippen LogP contribution is -1.91. The van der Waals surface area contributed by atoms with E-state index in [2.05, 4.69) is 0 Å². The quantitative estimate of drug-likeness (QED) is 0.598. The molecule has 0 spiro atoms. The lowest BCUT2D eigenvalue weighted by Gasteiger charge is -2.09. The van der Waals surface area contributed by atoms with E-state index in [1.165, 1.54) is 0 Å². The molecule has 3 nitrogen and oxygen atoms in total. The second-order valence-electron chi connectivity index (χ2n) is 2.94. The van der Waals surface area contributed by atoms with E-state index in [4.69, 9.17) is 14.6 Å². The predicted molar refractivity (Wildman–Crippen MR) is 62.0 cm³/mol. The number of ether oxygens (including phenoxy) is 2. The standard InChI is InChI=1S/C11H16O3S/c1-13-9-4-5-11(10(8-9)14-2)15-7-3-6-12/h4-5,8,12H,3,6-7H2,1-2H3. The van der Waals surface area contributed by atoms with Gasteiger partial charge in [0.25, 0.3) is 0 Å². The molecule has 1 rings (SSSR count). The molecule has 1 aromatic rings. The summed E-state index contributed by atoms with van der Waals surface area (Å²) in [4.78, 5) is 1.08. The smallest absolute Gasteiger partial charge is 0.136 e. The molecule has 0 saturated carbocycles. The van der Waals surface area contributed by atoms with E-state index >= 15 is 0 Å². The Morgan fingerprint density at radius 3 is 2.67 bits per heavy atom. The molecule has 0 fully saturated rings. The summed E-state index contributed by atoms with van der Waals surface area (Å²) < 4.78 is 10.4. The summed E-state index contributed by atoms with van der Waals surface area (Å²) >= 11 is 1.67. The number of aliphatic hydroxyl groups is 1. The Kier molecular flexibility index (Phi) is 5.36. The van der Waals surface area contributed by atoms with Crippen molar-refractivity contribution in [2.24, 2.45) is 0 Å². The summed E-state index contributed by atoms with van der Waals surface area (Å²) in [5.74, 6) is 2.50. The maximum absolute atomic E-state index is 8.69. The third kappa shape index (κ3) is 3.64. The number of rotatable bonds is 6. The van der Waals surface area contributed by atoms with Crippen molar-refractivity contribution in [1.82, 2.24) is 0 Å². The highest BCUT2D eigenvalue weighted by Gasteiger charge is 2.04. The Labute approximate surface area is 94.4 Å². The maximum atomic E-state index is 8.69. The van der Waals surface area contributed by atoms with Crippen LogP contribution in [0, 0.1) is 0 Å². The van der Waals surface area contributed by atoms with Gasteiger partial charge in [-0.3, -0.25) is 0 Å². The van der Waals surface area contributed by atoms with Gasteiger partial charge in [0.05, 0.1) is 14.2 Å². The molecule has 1 N–H and O–H groups in total. The Morgan fingerprint density at radius 1 is 1.27 bits per heavy atom. The van der Waals surface area contributed by atoms with Gasteiger partial charge in [-0.25, -0.2) is 0 Å².